The molecule has 1 aliphatic rings. The average molecular weight is 486 g/mol. The Balaban J connectivity index is 1.74. The summed E-state index contributed by atoms with van der Waals surface area (Å²) in [6, 6.07) is 6.84. The number of fused-ring (bicyclic) bond motifs is 1. The van der Waals surface area contributed by atoms with Crippen LogP contribution in [0.4, 0.5) is 14.6 Å². The zero-order chi connectivity index (χ0) is 24.9. The first kappa shape index (κ1) is 24.7. The quantitative estimate of drug-likeness (QED) is 0.525. The smallest absolute Gasteiger partial charge is 0.253 e. The number of halogens is 2. The van der Waals surface area contributed by atoms with E-state index in [1.165, 1.54) is 6.07 Å². The van der Waals surface area contributed by atoms with E-state index in [0.717, 1.165) is 12.1 Å². The van der Waals surface area contributed by atoms with Crippen molar-refractivity contribution >= 4 is 22.8 Å². The molecule has 2 heterocycles. The molecule has 0 spiro atoms. The Morgan fingerprint density at radius 2 is 2.00 bits per heavy atom. The van der Waals surface area contributed by atoms with E-state index in [9.17, 15) is 13.6 Å². The van der Waals surface area contributed by atoms with Crippen LogP contribution >= 0.6 is 0 Å². The number of hydrogen-bond acceptors (Lipinski definition) is 7. The second-order valence-electron chi connectivity index (χ2n) is 8.43. The molecule has 2 aromatic carbocycles. The van der Waals surface area contributed by atoms with Crippen molar-refractivity contribution < 1.29 is 23.0 Å². The molecule has 1 N–H and O–H groups in total. The number of nitrogens with one attached hydrogen (secondary N) is 1. The van der Waals surface area contributed by atoms with Gasteiger partial charge in [0.1, 0.15) is 17.7 Å². The number of aromatic nitrogens is 2. The Labute approximate surface area is 202 Å². The number of hydrogen-bond donors (Lipinski definition) is 1. The minimum atomic E-state index is -0.996. The zero-order valence-corrected chi connectivity index (χ0v) is 20.1. The predicted molar refractivity (Wildman–Crippen MR) is 129 cm³/mol. The topological polar surface area (TPSA) is 79.8 Å². The van der Waals surface area contributed by atoms with Gasteiger partial charge in [-0.15, -0.1) is 0 Å². The molecule has 186 valence electrons. The van der Waals surface area contributed by atoms with Crippen molar-refractivity contribution in [3.63, 3.8) is 0 Å². The summed E-state index contributed by atoms with van der Waals surface area (Å²) in [4.78, 5) is 26.3. The summed E-state index contributed by atoms with van der Waals surface area (Å²) in [5.41, 5.74) is 2.20. The van der Waals surface area contributed by atoms with E-state index in [4.69, 9.17) is 14.5 Å². The fourth-order valence-corrected chi connectivity index (χ4v) is 3.93. The van der Waals surface area contributed by atoms with Gasteiger partial charge in [0.2, 0.25) is 0 Å². The van der Waals surface area contributed by atoms with Crippen molar-refractivity contribution in [2.24, 2.45) is 0 Å². The van der Waals surface area contributed by atoms with Gasteiger partial charge in [0.05, 0.1) is 30.4 Å². The van der Waals surface area contributed by atoms with Gasteiger partial charge in [-0.05, 0) is 38.2 Å². The molecule has 35 heavy (non-hydrogen) atoms. The van der Waals surface area contributed by atoms with Crippen LogP contribution in [0.1, 0.15) is 28.9 Å². The van der Waals surface area contributed by atoms with E-state index in [2.05, 4.69) is 15.2 Å². The molecule has 10 heteroatoms. The highest BCUT2D eigenvalue weighted by atomic mass is 19.2. The van der Waals surface area contributed by atoms with E-state index in [1.54, 1.807) is 37.2 Å². The van der Waals surface area contributed by atoms with Crippen molar-refractivity contribution in [3.8, 4) is 5.75 Å². The molecule has 1 saturated heterocycles. The second kappa shape index (κ2) is 10.9. The number of anilines is 1. The van der Waals surface area contributed by atoms with Crippen molar-refractivity contribution in [2.75, 3.05) is 58.4 Å². The van der Waals surface area contributed by atoms with Crippen LogP contribution < -0.4 is 15.0 Å². The minimum Gasteiger partial charge on any atom is -0.486 e. The van der Waals surface area contributed by atoms with Gasteiger partial charge in [-0.3, -0.25) is 9.78 Å². The molecule has 3 aromatic rings. The highest BCUT2D eigenvalue weighted by Gasteiger charge is 2.22. The average Bonchev–Trinajstić information content (AvgIpc) is 2.88. The fraction of sp³-hybridized carbons (Fsp3) is 0.400. The minimum absolute atomic E-state index is 0.164. The molecule has 0 bridgehead atoms. The molecule has 1 unspecified atom stereocenters. The molecule has 0 radical (unpaired) electrons. The van der Waals surface area contributed by atoms with E-state index < -0.39 is 17.7 Å². The number of morpholine rings is 1. The first-order chi connectivity index (χ1) is 16.9. The first-order valence-electron chi connectivity index (χ1n) is 11.5. The maximum Gasteiger partial charge on any atom is 0.253 e. The van der Waals surface area contributed by atoms with Crippen LogP contribution in [0.25, 0.3) is 11.0 Å². The van der Waals surface area contributed by atoms with Crippen molar-refractivity contribution in [3.05, 3.63) is 59.3 Å². The van der Waals surface area contributed by atoms with Crippen LogP contribution in [0.15, 0.2) is 36.5 Å². The summed E-state index contributed by atoms with van der Waals surface area (Å²) in [7, 11) is 3.56. The Morgan fingerprint density at radius 3 is 2.71 bits per heavy atom. The number of likely N-dealkylation sites (N-methyl/N-ethyl adjacent to an activating group) is 2. The third kappa shape index (κ3) is 5.66. The molecule has 0 aliphatic carbocycles. The number of carbonyl (C=O) groups is 1. The number of ether oxygens (including phenoxy) is 2. The van der Waals surface area contributed by atoms with E-state index >= 15 is 0 Å². The third-order valence-corrected chi connectivity index (χ3v) is 5.93. The highest BCUT2D eigenvalue weighted by molar-refractivity contribution is 5.98. The van der Waals surface area contributed by atoms with Crippen molar-refractivity contribution in [2.45, 2.75) is 13.0 Å². The third-order valence-electron chi connectivity index (χ3n) is 5.93. The Hall–Kier alpha value is -3.37. The Morgan fingerprint density at radius 1 is 1.23 bits per heavy atom. The van der Waals surface area contributed by atoms with Gasteiger partial charge in [-0.2, -0.15) is 0 Å². The van der Waals surface area contributed by atoms with Gasteiger partial charge < -0.3 is 24.6 Å². The van der Waals surface area contributed by atoms with Gasteiger partial charge in [0.25, 0.3) is 5.91 Å². The summed E-state index contributed by atoms with van der Waals surface area (Å²) in [5.74, 6) is -1.24. The standard InChI is InChI=1S/C25H29F2N5O3/c1-16(35-18-4-5-20(26)21(27)14-18)19-12-17(25(33)31(3)7-6-28-2)13-22-24(19)30-23(15-29-22)32-8-10-34-11-9-32/h4-5,12-16,28H,6-11H2,1-3H3. The molecular formula is C25H29F2N5O3. The molecule has 1 aromatic heterocycles. The largest absolute Gasteiger partial charge is 0.486 e. The molecule has 1 fully saturated rings. The Bertz CT molecular complexity index is 1200. The second-order valence-corrected chi connectivity index (χ2v) is 8.43. The van der Waals surface area contributed by atoms with Gasteiger partial charge in [0.15, 0.2) is 11.6 Å². The lowest BCUT2D eigenvalue weighted by atomic mass is 10.0. The van der Waals surface area contributed by atoms with Crippen LogP contribution in [0.3, 0.4) is 0 Å². The summed E-state index contributed by atoms with van der Waals surface area (Å²) < 4.78 is 38.5. The summed E-state index contributed by atoms with van der Waals surface area (Å²) in [6.07, 6.45) is 1.07. The zero-order valence-electron chi connectivity index (χ0n) is 20.1. The van der Waals surface area contributed by atoms with Gasteiger partial charge in [-0.1, -0.05) is 0 Å². The van der Waals surface area contributed by atoms with Crippen LogP contribution in [-0.2, 0) is 4.74 Å². The molecule has 8 nitrogen and oxygen atoms in total. The van der Waals surface area contributed by atoms with E-state index in [-0.39, 0.29) is 11.7 Å². The number of amides is 1. The van der Waals surface area contributed by atoms with Crippen LogP contribution in [0, 0.1) is 11.6 Å². The molecule has 4 rings (SSSR count). The van der Waals surface area contributed by atoms with E-state index in [0.29, 0.717) is 67.4 Å². The number of benzene rings is 2. The lowest BCUT2D eigenvalue weighted by molar-refractivity contribution is 0.0796. The van der Waals surface area contributed by atoms with Crippen LogP contribution in [0.5, 0.6) is 5.75 Å². The number of nitrogens with zero attached hydrogens (tertiary/aromatic N) is 4. The molecule has 0 saturated carbocycles. The van der Waals surface area contributed by atoms with Crippen LogP contribution in [0.2, 0.25) is 0 Å². The molecular weight excluding hydrogens is 456 g/mol. The summed E-state index contributed by atoms with van der Waals surface area (Å²) in [6.45, 7) is 5.57. The monoisotopic (exact) mass is 485 g/mol. The van der Waals surface area contributed by atoms with Gasteiger partial charge >= 0.3 is 0 Å². The Kier molecular flexibility index (Phi) is 7.72. The maximum atomic E-state index is 13.8. The molecule has 1 atom stereocenters. The molecule has 1 amide bonds. The molecule has 1 aliphatic heterocycles. The normalized spacial score (nSPS) is 14.7. The predicted octanol–water partition coefficient (Wildman–Crippen LogP) is 3.18. The SMILES string of the molecule is CNCCN(C)C(=O)c1cc(C(C)Oc2ccc(F)c(F)c2)c2nc(N3CCOCC3)cnc2c1. The van der Waals surface area contributed by atoms with Gasteiger partial charge in [-0.25, -0.2) is 13.8 Å². The highest BCUT2D eigenvalue weighted by Crippen LogP contribution is 2.30. The maximum absolute atomic E-state index is 13.8. The lowest BCUT2D eigenvalue weighted by Crippen LogP contribution is -2.36. The summed E-state index contributed by atoms with van der Waals surface area (Å²) >= 11 is 0. The first-order valence-corrected chi connectivity index (χ1v) is 11.5. The lowest BCUT2D eigenvalue weighted by Gasteiger charge is -2.28. The van der Waals surface area contributed by atoms with E-state index in [1.807, 2.05) is 7.05 Å². The van der Waals surface area contributed by atoms with Crippen LogP contribution in [-0.4, -0.2) is 74.3 Å². The van der Waals surface area contributed by atoms with Crippen molar-refractivity contribution in [1.29, 1.82) is 0 Å². The fourth-order valence-electron chi connectivity index (χ4n) is 3.93. The number of carbonyl (C=O) groups excluding carboxylic acids is 1. The van der Waals surface area contributed by atoms with Crippen molar-refractivity contribution in [1.82, 2.24) is 20.2 Å². The van der Waals surface area contributed by atoms with Gasteiger partial charge in [0, 0.05) is 50.4 Å². The number of rotatable bonds is 8. The summed E-state index contributed by atoms with van der Waals surface area (Å²) in [5, 5.41) is 3.03.